The molecule has 2 rings (SSSR count). The van der Waals surface area contributed by atoms with Gasteiger partial charge in [0.15, 0.2) is 0 Å². The summed E-state index contributed by atoms with van der Waals surface area (Å²) in [5.74, 6) is 0.733. The standard InChI is InChI=1S/C15H17NO3/c1-10-7-8-13(19-10)14(16(2)3)11-5-4-6-12(9-11)15(17)18/h4-9,14H,1-3H3,(H,17,18). The van der Waals surface area contributed by atoms with Gasteiger partial charge in [-0.15, -0.1) is 0 Å². The van der Waals surface area contributed by atoms with Crippen LogP contribution in [0.1, 0.15) is 33.5 Å². The van der Waals surface area contributed by atoms with Gasteiger partial charge in [0.05, 0.1) is 11.6 Å². The predicted molar refractivity (Wildman–Crippen MR) is 72.4 cm³/mol. The molecule has 0 saturated heterocycles. The van der Waals surface area contributed by atoms with Crippen molar-refractivity contribution in [3.8, 4) is 0 Å². The molecule has 1 unspecified atom stereocenters. The molecular formula is C15H17NO3. The molecule has 0 saturated carbocycles. The summed E-state index contributed by atoms with van der Waals surface area (Å²) in [7, 11) is 3.88. The second-order valence-corrected chi connectivity index (χ2v) is 4.75. The summed E-state index contributed by atoms with van der Waals surface area (Å²) in [6.45, 7) is 1.89. The van der Waals surface area contributed by atoms with Gasteiger partial charge in [-0.05, 0) is 50.8 Å². The number of carboxylic acids is 1. The molecule has 0 radical (unpaired) electrons. The maximum Gasteiger partial charge on any atom is 0.335 e. The Kier molecular flexibility index (Phi) is 3.71. The van der Waals surface area contributed by atoms with E-state index in [2.05, 4.69) is 0 Å². The highest BCUT2D eigenvalue weighted by atomic mass is 16.4. The summed E-state index contributed by atoms with van der Waals surface area (Å²) < 4.78 is 5.67. The molecule has 0 bridgehead atoms. The van der Waals surface area contributed by atoms with Crippen LogP contribution in [0.4, 0.5) is 0 Å². The molecule has 4 nitrogen and oxygen atoms in total. The molecule has 1 aromatic heterocycles. The fourth-order valence-electron chi connectivity index (χ4n) is 2.16. The number of aromatic carboxylic acids is 1. The van der Waals surface area contributed by atoms with Crippen molar-refractivity contribution >= 4 is 5.97 Å². The van der Waals surface area contributed by atoms with E-state index in [4.69, 9.17) is 9.52 Å². The highest BCUT2D eigenvalue weighted by molar-refractivity contribution is 5.87. The summed E-state index contributed by atoms with van der Waals surface area (Å²) in [4.78, 5) is 13.0. The van der Waals surface area contributed by atoms with Crippen LogP contribution < -0.4 is 0 Å². The SMILES string of the molecule is Cc1ccc(C(c2cccc(C(=O)O)c2)N(C)C)o1. The fourth-order valence-corrected chi connectivity index (χ4v) is 2.16. The number of aryl methyl sites for hydroxylation is 1. The maximum atomic E-state index is 11.0. The largest absolute Gasteiger partial charge is 0.478 e. The van der Waals surface area contributed by atoms with Crippen LogP contribution in [0.2, 0.25) is 0 Å². The minimum Gasteiger partial charge on any atom is -0.478 e. The van der Waals surface area contributed by atoms with Crippen LogP contribution in [0.15, 0.2) is 40.8 Å². The van der Waals surface area contributed by atoms with E-state index in [0.717, 1.165) is 17.1 Å². The van der Waals surface area contributed by atoms with Crippen molar-refractivity contribution < 1.29 is 14.3 Å². The van der Waals surface area contributed by atoms with Gasteiger partial charge in [0.25, 0.3) is 0 Å². The van der Waals surface area contributed by atoms with E-state index in [1.54, 1.807) is 18.2 Å². The minimum absolute atomic E-state index is 0.0898. The van der Waals surface area contributed by atoms with Crippen molar-refractivity contribution in [1.82, 2.24) is 4.90 Å². The highest BCUT2D eigenvalue weighted by Gasteiger charge is 2.20. The molecular weight excluding hydrogens is 242 g/mol. The average Bonchev–Trinajstić information content (AvgIpc) is 2.75. The number of rotatable bonds is 4. The fraction of sp³-hybridized carbons (Fsp3) is 0.267. The lowest BCUT2D eigenvalue weighted by Gasteiger charge is -2.23. The normalized spacial score (nSPS) is 12.6. The molecule has 0 fully saturated rings. The monoisotopic (exact) mass is 259 g/mol. The van der Waals surface area contributed by atoms with Crippen molar-refractivity contribution in [1.29, 1.82) is 0 Å². The van der Waals surface area contributed by atoms with Gasteiger partial charge >= 0.3 is 5.97 Å². The van der Waals surface area contributed by atoms with Gasteiger partial charge in [-0.25, -0.2) is 4.79 Å². The van der Waals surface area contributed by atoms with E-state index in [-0.39, 0.29) is 11.6 Å². The van der Waals surface area contributed by atoms with Crippen molar-refractivity contribution in [2.45, 2.75) is 13.0 Å². The van der Waals surface area contributed by atoms with Crippen LogP contribution in [-0.2, 0) is 0 Å². The van der Waals surface area contributed by atoms with E-state index in [9.17, 15) is 4.79 Å². The van der Waals surface area contributed by atoms with Gasteiger partial charge in [-0.2, -0.15) is 0 Å². The van der Waals surface area contributed by atoms with Crippen LogP contribution in [0.3, 0.4) is 0 Å². The third-order valence-electron chi connectivity index (χ3n) is 3.00. The zero-order chi connectivity index (χ0) is 14.0. The lowest BCUT2D eigenvalue weighted by atomic mass is 10.0. The molecule has 1 atom stereocenters. The van der Waals surface area contributed by atoms with Gasteiger partial charge in [0.2, 0.25) is 0 Å². The van der Waals surface area contributed by atoms with Crippen LogP contribution in [0, 0.1) is 6.92 Å². The molecule has 19 heavy (non-hydrogen) atoms. The summed E-state index contributed by atoms with van der Waals surface area (Å²) in [6.07, 6.45) is 0. The first-order chi connectivity index (χ1) is 8.99. The summed E-state index contributed by atoms with van der Waals surface area (Å²) in [5, 5.41) is 9.07. The summed E-state index contributed by atoms with van der Waals surface area (Å²) in [6, 6.07) is 10.7. The Morgan fingerprint density at radius 3 is 2.53 bits per heavy atom. The number of benzene rings is 1. The summed E-state index contributed by atoms with van der Waals surface area (Å²) in [5.41, 5.74) is 1.19. The summed E-state index contributed by atoms with van der Waals surface area (Å²) >= 11 is 0. The predicted octanol–water partition coefficient (Wildman–Crippen LogP) is 2.94. The lowest BCUT2D eigenvalue weighted by Crippen LogP contribution is -2.21. The van der Waals surface area contributed by atoms with Gasteiger partial charge in [-0.1, -0.05) is 12.1 Å². The second kappa shape index (κ2) is 5.28. The van der Waals surface area contributed by atoms with Crippen LogP contribution in [0.5, 0.6) is 0 Å². The van der Waals surface area contributed by atoms with Crippen LogP contribution in [0.25, 0.3) is 0 Å². The highest BCUT2D eigenvalue weighted by Crippen LogP contribution is 2.28. The molecule has 100 valence electrons. The number of carbonyl (C=O) groups is 1. The Morgan fingerprint density at radius 1 is 1.26 bits per heavy atom. The Hall–Kier alpha value is -2.07. The molecule has 2 aromatic rings. The first-order valence-electron chi connectivity index (χ1n) is 6.05. The lowest BCUT2D eigenvalue weighted by molar-refractivity contribution is 0.0696. The molecule has 0 aliphatic carbocycles. The van der Waals surface area contributed by atoms with E-state index >= 15 is 0 Å². The first kappa shape index (κ1) is 13.4. The molecule has 0 aliphatic heterocycles. The maximum absolute atomic E-state index is 11.0. The quantitative estimate of drug-likeness (QED) is 0.917. The van der Waals surface area contributed by atoms with Gasteiger partial charge in [0.1, 0.15) is 11.5 Å². The van der Waals surface area contributed by atoms with Crippen LogP contribution >= 0.6 is 0 Å². The molecule has 4 heteroatoms. The first-order valence-corrected chi connectivity index (χ1v) is 6.05. The Bertz CT molecular complexity index is 587. The molecule has 1 N–H and O–H groups in total. The second-order valence-electron chi connectivity index (χ2n) is 4.75. The minimum atomic E-state index is -0.921. The Balaban J connectivity index is 2.45. The van der Waals surface area contributed by atoms with Crippen molar-refractivity contribution in [2.24, 2.45) is 0 Å². The average molecular weight is 259 g/mol. The third kappa shape index (κ3) is 2.85. The number of nitrogens with zero attached hydrogens (tertiary/aromatic N) is 1. The zero-order valence-corrected chi connectivity index (χ0v) is 11.3. The molecule has 1 heterocycles. The van der Waals surface area contributed by atoms with Gasteiger partial charge < -0.3 is 9.52 Å². The smallest absolute Gasteiger partial charge is 0.335 e. The molecule has 0 aliphatic rings. The van der Waals surface area contributed by atoms with Gasteiger partial charge in [0, 0.05) is 0 Å². The van der Waals surface area contributed by atoms with Gasteiger partial charge in [-0.3, -0.25) is 4.90 Å². The molecule has 1 aromatic carbocycles. The molecule has 0 amide bonds. The molecule has 0 spiro atoms. The van der Waals surface area contributed by atoms with E-state index in [0.29, 0.717) is 0 Å². The number of hydrogen-bond acceptors (Lipinski definition) is 3. The Labute approximate surface area is 112 Å². The number of carboxylic acid groups (broad SMARTS) is 1. The van der Waals surface area contributed by atoms with Crippen molar-refractivity contribution in [3.63, 3.8) is 0 Å². The van der Waals surface area contributed by atoms with Crippen molar-refractivity contribution in [3.05, 3.63) is 59.0 Å². The van der Waals surface area contributed by atoms with Crippen molar-refractivity contribution in [2.75, 3.05) is 14.1 Å². The van der Waals surface area contributed by atoms with Crippen LogP contribution in [-0.4, -0.2) is 30.1 Å². The van der Waals surface area contributed by atoms with E-state index < -0.39 is 5.97 Å². The zero-order valence-electron chi connectivity index (χ0n) is 11.3. The van der Waals surface area contributed by atoms with E-state index in [1.165, 1.54) is 0 Å². The van der Waals surface area contributed by atoms with E-state index in [1.807, 2.05) is 44.1 Å². The Morgan fingerprint density at radius 2 is 2.00 bits per heavy atom. The number of furan rings is 1. The number of hydrogen-bond donors (Lipinski definition) is 1. The topological polar surface area (TPSA) is 53.7 Å². The third-order valence-corrected chi connectivity index (χ3v) is 3.00.